The van der Waals surface area contributed by atoms with Gasteiger partial charge in [-0.05, 0) is 43.1 Å². The van der Waals surface area contributed by atoms with Crippen LogP contribution >= 0.6 is 11.3 Å². The molecule has 0 radical (unpaired) electrons. The Morgan fingerprint density at radius 1 is 1.18 bits per heavy atom. The number of aromatic nitrogens is 3. The molecule has 144 valence electrons. The first kappa shape index (κ1) is 18.7. The molecule has 1 aliphatic rings. The normalized spacial score (nSPS) is 15.1. The van der Waals surface area contributed by atoms with Gasteiger partial charge in [0, 0.05) is 25.5 Å². The van der Waals surface area contributed by atoms with E-state index in [2.05, 4.69) is 30.5 Å². The molecule has 1 aliphatic heterocycles. The number of hydrogen-bond donors (Lipinski definition) is 2. The van der Waals surface area contributed by atoms with Gasteiger partial charge < -0.3 is 10.6 Å². The van der Waals surface area contributed by atoms with Crippen LogP contribution in [0.2, 0.25) is 0 Å². The average molecular weight is 395 g/mol. The van der Waals surface area contributed by atoms with E-state index in [1.165, 1.54) is 0 Å². The fourth-order valence-electron chi connectivity index (χ4n) is 3.15. The number of amides is 1. The van der Waals surface area contributed by atoms with Crippen molar-refractivity contribution in [2.75, 3.05) is 38.0 Å². The van der Waals surface area contributed by atoms with Crippen molar-refractivity contribution in [2.45, 2.75) is 6.42 Å². The maximum absolute atomic E-state index is 12.7. The minimum Gasteiger partial charge on any atom is -0.315 e. The van der Waals surface area contributed by atoms with Gasteiger partial charge in [0.2, 0.25) is 5.91 Å². The van der Waals surface area contributed by atoms with Crippen LogP contribution in [0.4, 0.5) is 5.82 Å². The van der Waals surface area contributed by atoms with Gasteiger partial charge in [0.25, 0.3) is 0 Å². The van der Waals surface area contributed by atoms with E-state index in [0.717, 1.165) is 43.2 Å². The summed E-state index contributed by atoms with van der Waals surface area (Å²) >= 11 is 1.57. The Hall–Kier alpha value is -2.68. The average Bonchev–Trinajstić information content (AvgIpc) is 3.14. The number of pyridine rings is 1. The predicted octanol–water partition coefficient (Wildman–Crippen LogP) is 2.50. The van der Waals surface area contributed by atoms with Crippen molar-refractivity contribution in [3.8, 4) is 22.0 Å². The largest absolute Gasteiger partial charge is 0.315 e. The molecule has 0 atom stereocenters. The maximum atomic E-state index is 12.7. The van der Waals surface area contributed by atoms with Crippen molar-refractivity contribution in [1.82, 2.24) is 25.2 Å². The first-order chi connectivity index (χ1) is 13.8. The Morgan fingerprint density at radius 3 is 2.96 bits per heavy atom. The molecular formula is C20H22N6OS. The van der Waals surface area contributed by atoms with Crippen LogP contribution in [0.15, 0.2) is 48.1 Å². The molecule has 4 rings (SSSR count). The zero-order chi connectivity index (χ0) is 19.2. The molecule has 0 aromatic carbocycles. The van der Waals surface area contributed by atoms with Gasteiger partial charge >= 0.3 is 0 Å². The molecule has 1 amide bonds. The number of carbonyl (C=O) groups is 1. The van der Waals surface area contributed by atoms with Crippen molar-refractivity contribution in [3.63, 3.8) is 0 Å². The molecule has 0 aliphatic carbocycles. The summed E-state index contributed by atoms with van der Waals surface area (Å²) in [7, 11) is 0. The number of nitrogens with one attached hydrogen (secondary N) is 2. The van der Waals surface area contributed by atoms with E-state index < -0.39 is 0 Å². The molecule has 0 bridgehead atoms. The monoisotopic (exact) mass is 394 g/mol. The number of hydrogen-bond acceptors (Lipinski definition) is 7. The zero-order valence-electron chi connectivity index (χ0n) is 15.5. The molecule has 4 heterocycles. The highest BCUT2D eigenvalue weighted by atomic mass is 32.1. The SMILES string of the molecule is O=C(CN1CCCNCC1)Nc1nc(-c2cccs2)ncc1-c1ccccn1. The molecule has 1 fully saturated rings. The highest BCUT2D eigenvalue weighted by molar-refractivity contribution is 7.13. The van der Waals surface area contributed by atoms with Gasteiger partial charge in [0.15, 0.2) is 5.82 Å². The number of rotatable bonds is 5. The molecule has 0 saturated carbocycles. The lowest BCUT2D eigenvalue weighted by molar-refractivity contribution is -0.117. The molecule has 7 nitrogen and oxygen atoms in total. The van der Waals surface area contributed by atoms with Crippen LogP contribution in [0.25, 0.3) is 22.0 Å². The van der Waals surface area contributed by atoms with Crippen LogP contribution < -0.4 is 10.6 Å². The highest BCUT2D eigenvalue weighted by Crippen LogP contribution is 2.28. The van der Waals surface area contributed by atoms with Crippen molar-refractivity contribution in [2.24, 2.45) is 0 Å². The Kier molecular flexibility index (Phi) is 6.01. The summed E-state index contributed by atoms with van der Waals surface area (Å²) in [6.07, 6.45) is 4.50. The molecule has 8 heteroatoms. The van der Waals surface area contributed by atoms with E-state index >= 15 is 0 Å². The standard InChI is InChI=1S/C20H22N6OS/c27-18(14-26-10-4-7-21-9-11-26)24-19-15(16-5-1-2-8-22-16)13-23-20(25-19)17-6-3-12-28-17/h1-3,5-6,8,12-13,21H,4,7,9-11,14H2,(H,23,24,25,27). The van der Waals surface area contributed by atoms with Crippen LogP contribution in [-0.2, 0) is 4.79 Å². The number of carbonyl (C=O) groups excluding carboxylic acids is 1. The van der Waals surface area contributed by atoms with Crippen molar-refractivity contribution < 1.29 is 4.79 Å². The van der Waals surface area contributed by atoms with Gasteiger partial charge in [0.05, 0.1) is 22.7 Å². The first-order valence-electron chi connectivity index (χ1n) is 9.35. The van der Waals surface area contributed by atoms with E-state index in [9.17, 15) is 4.79 Å². The Balaban J connectivity index is 1.59. The van der Waals surface area contributed by atoms with E-state index in [1.807, 2.05) is 35.7 Å². The number of thiophene rings is 1. The van der Waals surface area contributed by atoms with Crippen molar-refractivity contribution in [1.29, 1.82) is 0 Å². The van der Waals surface area contributed by atoms with Crippen molar-refractivity contribution >= 4 is 23.1 Å². The minimum atomic E-state index is -0.0742. The quantitative estimate of drug-likeness (QED) is 0.692. The second-order valence-corrected chi connectivity index (χ2v) is 7.52. The van der Waals surface area contributed by atoms with Gasteiger partial charge in [-0.25, -0.2) is 9.97 Å². The third kappa shape index (κ3) is 4.59. The molecule has 3 aromatic heterocycles. The topological polar surface area (TPSA) is 83.0 Å². The molecular weight excluding hydrogens is 372 g/mol. The smallest absolute Gasteiger partial charge is 0.239 e. The van der Waals surface area contributed by atoms with Crippen molar-refractivity contribution in [3.05, 3.63) is 48.1 Å². The van der Waals surface area contributed by atoms with Gasteiger partial charge in [-0.15, -0.1) is 11.3 Å². The van der Waals surface area contributed by atoms with Gasteiger partial charge in [0.1, 0.15) is 5.82 Å². The van der Waals surface area contributed by atoms with E-state index in [1.54, 1.807) is 23.7 Å². The number of nitrogens with zero attached hydrogens (tertiary/aromatic N) is 4. The Bertz CT molecular complexity index is 908. The fourth-order valence-corrected chi connectivity index (χ4v) is 3.81. The lowest BCUT2D eigenvalue weighted by Gasteiger charge is -2.19. The number of anilines is 1. The predicted molar refractivity (Wildman–Crippen MR) is 111 cm³/mol. The van der Waals surface area contributed by atoms with Gasteiger partial charge in [-0.2, -0.15) is 0 Å². The van der Waals surface area contributed by atoms with Crippen LogP contribution in [0, 0.1) is 0 Å². The molecule has 0 unspecified atom stereocenters. The molecule has 1 saturated heterocycles. The third-order valence-corrected chi connectivity index (χ3v) is 5.39. The highest BCUT2D eigenvalue weighted by Gasteiger charge is 2.17. The molecule has 0 spiro atoms. The second-order valence-electron chi connectivity index (χ2n) is 6.58. The summed E-state index contributed by atoms with van der Waals surface area (Å²) in [6, 6.07) is 9.58. The van der Waals surface area contributed by atoms with E-state index in [4.69, 9.17) is 0 Å². The molecule has 2 N–H and O–H groups in total. The van der Waals surface area contributed by atoms with Gasteiger partial charge in [-0.1, -0.05) is 12.1 Å². The fraction of sp³-hybridized carbons (Fsp3) is 0.300. The lowest BCUT2D eigenvalue weighted by Crippen LogP contribution is -2.35. The van der Waals surface area contributed by atoms with Crippen LogP contribution in [0.3, 0.4) is 0 Å². The minimum absolute atomic E-state index is 0.0742. The summed E-state index contributed by atoms with van der Waals surface area (Å²) in [5.74, 6) is 1.02. The summed E-state index contributed by atoms with van der Waals surface area (Å²) in [5.41, 5.74) is 1.45. The second kappa shape index (κ2) is 9.01. The van der Waals surface area contributed by atoms with Crippen LogP contribution in [-0.4, -0.2) is 58.5 Å². The summed E-state index contributed by atoms with van der Waals surface area (Å²) in [4.78, 5) is 29.4. The van der Waals surface area contributed by atoms with E-state index in [0.29, 0.717) is 23.8 Å². The molecule has 3 aromatic rings. The zero-order valence-corrected chi connectivity index (χ0v) is 16.3. The maximum Gasteiger partial charge on any atom is 0.239 e. The Labute approximate surface area is 167 Å². The van der Waals surface area contributed by atoms with E-state index in [-0.39, 0.29) is 5.91 Å². The summed E-state index contributed by atoms with van der Waals surface area (Å²) < 4.78 is 0. The summed E-state index contributed by atoms with van der Waals surface area (Å²) in [5, 5.41) is 8.33. The van der Waals surface area contributed by atoms with Crippen LogP contribution in [0.5, 0.6) is 0 Å². The molecule has 28 heavy (non-hydrogen) atoms. The Morgan fingerprint density at radius 2 is 2.14 bits per heavy atom. The summed E-state index contributed by atoms with van der Waals surface area (Å²) in [6.45, 7) is 4.03. The first-order valence-corrected chi connectivity index (χ1v) is 10.2. The van der Waals surface area contributed by atoms with Gasteiger partial charge in [-0.3, -0.25) is 14.7 Å². The third-order valence-electron chi connectivity index (χ3n) is 4.53. The van der Waals surface area contributed by atoms with Crippen LogP contribution in [0.1, 0.15) is 6.42 Å². The lowest BCUT2D eigenvalue weighted by atomic mass is 10.2.